The number of esters is 1. The van der Waals surface area contributed by atoms with E-state index in [-0.39, 0.29) is 12.4 Å². The standard InChI is InChI=1S/C14H12BrNO4S/c1-21-11-5-3-2-4-9(11)16-13(17)8-19-14(18)10-6-7-12(15)20-10/h2-7H,8H2,1H3,(H,16,17). The third-order valence-electron chi connectivity index (χ3n) is 2.49. The topological polar surface area (TPSA) is 68.5 Å². The Morgan fingerprint density at radius 1 is 1.29 bits per heavy atom. The van der Waals surface area contributed by atoms with Gasteiger partial charge < -0.3 is 14.5 Å². The minimum absolute atomic E-state index is 0.0409. The smallest absolute Gasteiger partial charge is 0.374 e. The van der Waals surface area contributed by atoms with Crippen molar-refractivity contribution in [2.45, 2.75) is 4.90 Å². The second kappa shape index (κ2) is 7.33. The van der Waals surface area contributed by atoms with Gasteiger partial charge in [-0.05, 0) is 46.5 Å². The first-order valence-corrected chi connectivity index (χ1v) is 7.97. The van der Waals surface area contributed by atoms with Crippen molar-refractivity contribution in [1.82, 2.24) is 0 Å². The van der Waals surface area contributed by atoms with Crippen molar-refractivity contribution >= 4 is 45.3 Å². The minimum Gasteiger partial charge on any atom is -0.450 e. The molecule has 1 aromatic carbocycles. The molecule has 0 spiro atoms. The Labute approximate surface area is 134 Å². The Bertz CT molecular complexity index is 656. The van der Waals surface area contributed by atoms with Crippen LogP contribution in [0.1, 0.15) is 10.6 Å². The Morgan fingerprint density at radius 2 is 2.05 bits per heavy atom. The maximum absolute atomic E-state index is 11.8. The molecule has 1 N–H and O–H groups in total. The molecule has 0 aliphatic carbocycles. The van der Waals surface area contributed by atoms with Crippen molar-refractivity contribution in [1.29, 1.82) is 0 Å². The van der Waals surface area contributed by atoms with Gasteiger partial charge in [0.25, 0.3) is 5.91 Å². The molecule has 0 saturated heterocycles. The van der Waals surface area contributed by atoms with Crippen LogP contribution in [-0.4, -0.2) is 24.7 Å². The number of amides is 1. The highest BCUT2D eigenvalue weighted by Crippen LogP contribution is 2.24. The molecule has 2 rings (SSSR count). The van der Waals surface area contributed by atoms with Gasteiger partial charge in [-0.15, -0.1) is 11.8 Å². The van der Waals surface area contributed by atoms with E-state index in [9.17, 15) is 9.59 Å². The van der Waals surface area contributed by atoms with Crippen molar-refractivity contribution in [2.24, 2.45) is 0 Å². The molecule has 7 heteroatoms. The largest absolute Gasteiger partial charge is 0.450 e. The number of halogens is 1. The summed E-state index contributed by atoms with van der Waals surface area (Å²) in [4.78, 5) is 24.3. The summed E-state index contributed by atoms with van der Waals surface area (Å²) >= 11 is 4.60. The van der Waals surface area contributed by atoms with Crippen LogP contribution in [0.5, 0.6) is 0 Å². The average Bonchev–Trinajstić information content (AvgIpc) is 2.92. The number of furan rings is 1. The quantitative estimate of drug-likeness (QED) is 0.644. The predicted molar refractivity (Wildman–Crippen MR) is 83.5 cm³/mol. The Morgan fingerprint density at radius 3 is 2.71 bits per heavy atom. The Balaban J connectivity index is 1.89. The fraction of sp³-hybridized carbons (Fsp3) is 0.143. The molecule has 0 aliphatic rings. The molecule has 110 valence electrons. The highest BCUT2D eigenvalue weighted by atomic mass is 79.9. The SMILES string of the molecule is CSc1ccccc1NC(=O)COC(=O)c1ccc(Br)o1. The number of ether oxygens (including phenoxy) is 1. The van der Waals surface area contributed by atoms with Gasteiger partial charge in [0.2, 0.25) is 5.76 Å². The van der Waals surface area contributed by atoms with E-state index >= 15 is 0 Å². The molecule has 0 fully saturated rings. The molecular weight excluding hydrogens is 358 g/mol. The third-order valence-corrected chi connectivity index (χ3v) is 3.71. The molecule has 0 radical (unpaired) electrons. The van der Waals surface area contributed by atoms with Crippen LogP contribution in [-0.2, 0) is 9.53 Å². The summed E-state index contributed by atoms with van der Waals surface area (Å²) in [5.74, 6) is -1.05. The van der Waals surface area contributed by atoms with E-state index in [0.717, 1.165) is 4.90 Å². The first-order valence-electron chi connectivity index (χ1n) is 5.95. The number of hydrogen-bond acceptors (Lipinski definition) is 5. The number of para-hydroxylation sites is 1. The monoisotopic (exact) mass is 369 g/mol. The van der Waals surface area contributed by atoms with Crippen molar-refractivity contribution in [2.75, 3.05) is 18.2 Å². The lowest BCUT2D eigenvalue weighted by Gasteiger charge is -2.09. The summed E-state index contributed by atoms with van der Waals surface area (Å²) in [7, 11) is 0. The fourth-order valence-electron chi connectivity index (χ4n) is 1.56. The van der Waals surface area contributed by atoms with Crippen molar-refractivity contribution in [3.05, 3.63) is 46.8 Å². The van der Waals surface area contributed by atoms with E-state index in [0.29, 0.717) is 10.4 Å². The van der Waals surface area contributed by atoms with Gasteiger partial charge in [0.15, 0.2) is 11.3 Å². The highest BCUT2D eigenvalue weighted by molar-refractivity contribution is 9.10. The van der Waals surface area contributed by atoms with Gasteiger partial charge in [-0.1, -0.05) is 12.1 Å². The van der Waals surface area contributed by atoms with Crippen LogP contribution in [0.2, 0.25) is 0 Å². The summed E-state index contributed by atoms with van der Waals surface area (Å²) in [6, 6.07) is 10.4. The van der Waals surface area contributed by atoms with Gasteiger partial charge in [-0.25, -0.2) is 4.79 Å². The molecular formula is C14H12BrNO4S. The van der Waals surface area contributed by atoms with Gasteiger partial charge in [0, 0.05) is 4.90 Å². The highest BCUT2D eigenvalue weighted by Gasteiger charge is 2.14. The van der Waals surface area contributed by atoms with Crippen LogP contribution < -0.4 is 5.32 Å². The first-order chi connectivity index (χ1) is 10.1. The second-order valence-electron chi connectivity index (χ2n) is 3.93. The molecule has 21 heavy (non-hydrogen) atoms. The lowest BCUT2D eigenvalue weighted by molar-refractivity contribution is -0.119. The third kappa shape index (κ3) is 4.37. The van der Waals surface area contributed by atoms with E-state index < -0.39 is 11.9 Å². The molecule has 2 aromatic rings. The van der Waals surface area contributed by atoms with Gasteiger partial charge >= 0.3 is 5.97 Å². The molecule has 1 amide bonds. The predicted octanol–water partition coefficient (Wildman–Crippen LogP) is 3.56. The van der Waals surface area contributed by atoms with E-state index in [1.165, 1.54) is 17.8 Å². The second-order valence-corrected chi connectivity index (χ2v) is 5.56. The molecule has 0 unspecified atom stereocenters. The molecule has 0 saturated carbocycles. The van der Waals surface area contributed by atoms with Crippen molar-refractivity contribution < 1.29 is 18.7 Å². The fourth-order valence-corrected chi connectivity index (χ4v) is 2.42. The Kier molecular flexibility index (Phi) is 5.46. The van der Waals surface area contributed by atoms with Crippen LogP contribution in [0, 0.1) is 0 Å². The average molecular weight is 370 g/mol. The number of rotatable bonds is 5. The number of carbonyl (C=O) groups is 2. The lowest BCUT2D eigenvalue weighted by Crippen LogP contribution is -2.21. The number of carbonyl (C=O) groups excluding carboxylic acids is 2. The molecule has 1 heterocycles. The van der Waals surface area contributed by atoms with Crippen molar-refractivity contribution in [3.8, 4) is 0 Å². The van der Waals surface area contributed by atoms with Crippen LogP contribution in [0.25, 0.3) is 0 Å². The molecule has 0 atom stereocenters. The van der Waals surface area contributed by atoms with Crippen LogP contribution in [0.4, 0.5) is 5.69 Å². The minimum atomic E-state index is -0.686. The van der Waals surface area contributed by atoms with E-state index in [1.54, 1.807) is 12.1 Å². The number of benzene rings is 1. The summed E-state index contributed by atoms with van der Waals surface area (Å²) in [5.41, 5.74) is 0.687. The molecule has 1 aromatic heterocycles. The summed E-state index contributed by atoms with van der Waals surface area (Å²) in [6.45, 7) is -0.375. The van der Waals surface area contributed by atoms with Gasteiger partial charge in [0.1, 0.15) is 0 Å². The van der Waals surface area contributed by atoms with Crippen LogP contribution in [0.3, 0.4) is 0 Å². The van der Waals surface area contributed by atoms with Gasteiger partial charge in [-0.2, -0.15) is 0 Å². The van der Waals surface area contributed by atoms with E-state index in [4.69, 9.17) is 9.15 Å². The molecule has 0 bridgehead atoms. The normalized spacial score (nSPS) is 10.2. The van der Waals surface area contributed by atoms with E-state index in [2.05, 4.69) is 21.2 Å². The first kappa shape index (κ1) is 15.7. The zero-order valence-corrected chi connectivity index (χ0v) is 13.5. The maximum Gasteiger partial charge on any atom is 0.374 e. The zero-order chi connectivity index (χ0) is 15.2. The zero-order valence-electron chi connectivity index (χ0n) is 11.1. The van der Waals surface area contributed by atoms with Gasteiger partial charge in [0.05, 0.1) is 5.69 Å². The van der Waals surface area contributed by atoms with Gasteiger partial charge in [-0.3, -0.25) is 4.79 Å². The number of hydrogen-bond donors (Lipinski definition) is 1. The van der Waals surface area contributed by atoms with E-state index in [1.807, 2.05) is 24.5 Å². The lowest BCUT2D eigenvalue weighted by atomic mass is 10.3. The van der Waals surface area contributed by atoms with Crippen LogP contribution in [0.15, 0.2) is 50.4 Å². The number of anilines is 1. The number of thioether (sulfide) groups is 1. The van der Waals surface area contributed by atoms with Crippen LogP contribution >= 0.6 is 27.7 Å². The maximum atomic E-state index is 11.8. The molecule has 0 aliphatic heterocycles. The summed E-state index contributed by atoms with van der Waals surface area (Å²) < 4.78 is 10.3. The Hall–Kier alpha value is -1.73. The summed E-state index contributed by atoms with van der Waals surface area (Å²) in [6.07, 6.45) is 1.92. The number of nitrogens with one attached hydrogen (secondary N) is 1. The molecule has 5 nitrogen and oxygen atoms in total. The summed E-state index contributed by atoms with van der Waals surface area (Å²) in [5, 5.41) is 2.70. The van der Waals surface area contributed by atoms with Crippen molar-refractivity contribution in [3.63, 3.8) is 0 Å².